The van der Waals surface area contributed by atoms with Crippen LogP contribution >= 0.6 is 0 Å². The molecule has 0 aliphatic carbocycles. The number of rotatable bonds is 2. The molecule has 0 amide bonds. The Morgan fingerprint density at radius 3 is 2.69 bits per heavy atom. The third-order valence-corrected chi connectivity index (χ3v) is 2.66. The Labute approximate surface area is 91.2 Å². The molecule has 1 N–H and O–H groups in total. The first-order chi connectivity index (χ1) is 7.52. The molecule has 1 heterocycles. The number of nitrogens with one attached hydrogen (secondary N) is 1. The van der Waals surface area contributed by atoms with Crippen molar-refractivity contribution in [3.8, 4) is 0 Å². The van der Waals surface area contributed by atoms with Crippen molar-refractivity contribution < 1.29 is 9.72 Å². The van der Waals surface area contributed by atoms with Crippen molar-refractivity contribution in [1.82, 2.24) is 4.98 Å². The average Bonchev–Trinajstić information content (AvgIpc) is 2.61. The summed E-state index contributed by atoms with van der Waals surface area (Å²) >= 11 is 0. The highest BCUT2D eigenvalue weighted by atomic mass is 16.6. The first-order valence-electron chi connectivity index (χ1n) is 4.78. The maximum absolute atomic E-state index is 11.3. The number of fused-ring (bicyclic) bond motifs is 1. The zero-order valence-electron chi connectivity index (χ0n) is 8.90. The number of H-pyrrole nitrogens is 1. The van der Waals surface area contributed by atoms with Crippen LogP contribution in [0.5, 0.6) is 0 Å². The average molecular weight is 218 g/mol. The number of aryl methyl sites for hydroxylation is 1. The van der Waals surface area contributed by atoms with Gasteiger partial charge in [0.05, 0.1) is 16.0 Å². The molecule has 0 unspecified atom stereocenters. The second kappa shape index (κ2) is 3.44. The molecule has 2 rings (SSSR count). The maximum atomic E-state index is 11.3. The van der Waals surface area contributed by atoms with Gasteiger partial charge in [0.2, 0.25) is 0 Å². The van der Waals surface area contributed by atoms with Gasteiger partial charge in [0.15, 0.2) is 5.78 Å². The van der Waals surface area contributed by atoms with E-state index in [2.05, 4.69) is 4.98 Å². The van der Waals surface area contributed by atoms with Crippen LogP contribution in [-0.2, 0) is 0 Å². The van der Waals surface area contributed by atoms with E-state index in [1.54, 1.807) is 19.2 Å². The molecule has 0 bridgehead atoms. The molecular weight excluding hydrogens is 208 g/mol. The van der Waals surface area contributed by atoms with Gasteiger partial charge in [0, 0.05) is 23.2 Å². The van der Waals surface area contributed by atoms with Crippen molar-refractivity contribution in [2.45, 2.75) is 13.8 Å². The molecule has 0 spiro atoms. The number of ketones is 1. The molecule has 5 nitrogen and oxygen atoms in total. The molecule has 0 atom stereocenters. The molecule has 0 fully saturated rings. The molecule has 1 aromatic carbocycles. The first-order valence-corrected chi connectivity index (χ1v) is 4.78. The lowest BCUT2D eigenvalue weighted by molar-refractivity contribution is -0.385. The highest BCUT2D eigenvalue weighted by Gasteiger charge is 2.16. The third-order valence-electron chi connectivity index (χ3n) is 2.66. The van der Waals surface area contributed by atoms with Crippen molar-refractivity contribution in [2.24, 2.45) is 0 Å². The number of carbonyl (C=O) groups excluding carboxylic acids is 1. The third kappa shape index (κ3) is 1.37. The van der Waals surface area contributed by atoms with Crippen molar-refractivity contribution in [3.63, 3.8) is 0 Å². The smallest absolute Gasteiger partial charge is 0.274 e. The highest BCUT2D eigenvalue weighted by Crippen LogP contribution is 2.28. The number of Topliss-reactive ketones (excluding diaryl/α,β-unsaturated/α-hetero) is 1. The van der Waals surface area contributed by atoms with Crippen LogP contribution in [0.1, 0.15) is 22.8 Å². The molecule has 82 valence electrons. The summed E-state index contributed by atoms with van der Waals surface area (Å²) in [5.41, 5.74) is 1.83. The predicted molar refractivity (Wildman–Crippen MR) is 59.7 cm³/mol. The van der Waals surface area contributed by atoms with Crippen LogP contribution in [0.4, 0.5) is 5.69 Å². The van der Waals surface area contributed by atoms with Gasteiger partial charge in [-0.1, -0.05) is 0 Å². The minimum Gasteiger partial charge on any atom is -0.360 e. The highest BCUT2D eigenvalue weighted by molar-refractivity contribution is 6.07. The van der Waals surface area contributed by atoms with Crippen molar-refractivity contribution >= 4 is 22.4 Å². The van der Waals surface area contributed by atoms with E-state index >= 15 is 0 Å². The largest absolute Gasteiger partial charge is 0.360 e. The van der Waals surface area contributed by atoms with Crippen molar-refractivity contribution in [2.75, 3.05) is 0 Å². The Hall–Kier alpha value is -2.17. The number of nitro benzene ring substituents is 1. The van der Waals surface area contributed by atoms with E-state index < -0.39 is 4.92 Å². The number of aromatic amines is 1. The van der Waals surface area contributed by atoms with Gasteiger partial charge < -0.3 is 4.98 Å². The van der Waals surface area contributed by atoms with Gasteiger partial charge in [-0.2, -0.15) is 0 Å². The number of nitro groups is 1. The van der Waals surface area contributed by atoms with Gasteiger partial charge in [-0.15, -0.1) is 0 Å². The SMILES string of the molecule is CC(=O)c1c[nH]c2c(C)c([N+](=O)[O-])ccc12. The van der Waals surface area contributed by atoms with Crippen LogP contribution in [0.15, 0.2) is 18.3 Å². The molecule has 5 heteroatoms. The lowest BCUT2D eigenvalue weighted by Gasteiger charge is -1.99. The van der Waals surface area contributed by atoms with E-state index in [1.165, 1.54) is 13.0 Å². The summed E-state index contributed by atoms with van der Waals surface area (Å²) < 4.78 is 0. The lowest BCUT2D eigenvalue weighted by Crippen LogP contribution is -1.93. The molecule has 1 aromatic heterocycles. The molecule has 0 radical (unpaired) electrons. The fraction of sp³-hybridized carbons (Fsp3) is 0.182. The predicted octanol–water partition coefficient (Wildman–Crippen LogP) is 2.59. The Morgan fingerprint density at radius 1 is 1.44 bits per heavy atom. The van der Waals surface area contributed by atoms with Gasteiger partial charge in [0.1, 0.15) is 0 Å². The van der Waals surface area contributed by atoms with Gasteiger partial charge in [0.25, 0.3) is 5.69 Å². The van der Waals surface area contributed by atoms with Gasteiger partial charge in [-0.25, -0.2) is 0 Å². The Morgan fingerprint density at radius 2 is 2.12 bits per heavy atom. The second-order valence-electron chi connectivity index (χ2n) is 3.65. The van der Waals surface area contributed by atoms with E-state index in [1.807, 2.05) is 0 Å². The normalized spacial score (nSPS) is 10.6. The zero-order valence-corrected chi connectivity index (χ0v) is 8.90. The summed E-state index contributed by atoms with van der Waals surface area (Å²) in [5.74, 6) is -0.0560. The van der Waals surface area contributed by atoms with Gasteiger partial charge in [-0.3, -0.25) is 14.9 Å². The molecular formula is C11H10N2O3. The van der Waals surface area contributed by atoms with E-state index in [9.17, 15) is 14.9 Å². The summed E-state index contributed by atoms with van der Waals surface area (Å²) in [5, 5.41) is 11.5. The van der Waals surface area contributed by atoms with Crippen LogP contribution in [-0.4, -0.2) is 15.7 Å². The quantitative estimate of drug-likeness (QED) is 0.478. The summed E-state index contributed by atoms with van der Waals surface area (Å²) in [6.45, 7) is 3.14. The Bertz CT molecular complexity index is 599. The second-order valence-corrected chi connectivity index (χ2v) is 3.65. The van der Waals surface area contributed by atoms with Crippen molar-refractivity contribution in [3.05, 3.63) is 39.6 Å². The number of aromatic nitrogens is 1. The zero-order chi connectivity index (χ0) is 11.9. The topological polar surface area (TPSA) is 76.0 Å². The maximum Gasteiger partial charge on any atom is 0.274 e. The summed E-state index contributed by atoms with van der Waals surface area (Å²) in [7, 11) is 0. The Balaban J connectivity index is 2.78. The molecule has 0 saturated heterocycles. The number of hydrogen-bond acceptors (Lipinski definition) is 3. The van der Waals surface area contributed by atoms with Crippen LogP contribution in [0.3, 0.4) is 0 Å². The van der Waals surface area contributed by atoms with Crippen LogP contribution in [0.2, 0.25) is 0 Å². The Kier molecular flexibility index (Phi) is 2.23. The number of hydrogen-bond donors (Lipinski definition) is 1. The van der Waals surface area contributed by atoms with Gasteiger partial charge in [-0.05, 0) is 19.9 Å². The summed E-state index contributed by atoms with van der Waals surface area (Å²) in [6.07, 6.45) is 1.59. The summed E-state index contributed by atoms with van der Waals surface area (Å²) in [4.78, 5) is 24.5. The molecule has 16 heavy (non-hydrogen) atoms. The first kappa shape index (κ1) is 10.4. The minimum absolute atomic E-state index is 0.0560. The minimum atomic E-state index is -0.428. The van der Waals surface area contributed by atoms with E-state index in [0.29, 0.717) is 16.6 Å². The van der Waals surface area contributed by atoms with Crippen LogP contribution in [0.25, 0.3) is 10.9 Å². The molecule has 2 aromatic rings. The lowest BCUT2D eigenvalue weighted by atomic mass is 10.1. The van der Waals surface area contributed by atoms with E-state index in [4.69, 9.17) is 0 Å². The summed E-state index contributed by atoms with van der Waals surface area (Å²) in [6, 6.07) is 3.03. The van der Waals surface area contributed by atoms with Crippen molar-refractivity contribution in [1.29, 1.82) is 0 Å². The number of carbonyl (C=O) groups is 1. The van der Waals surface area contributed by atoms with E-state index in [-0.39, 0.29) is 11.5 Å². The molecule has 0 saturated carbocycles. The molecule has 0 aliphatic rings. The number of nitrogens with zero attached hydrogens (tertiary/aromatic N) is 1. The van der Waals surface area contributed by atoms with Gasteiger partial charge >= 0.3 is 0 Å². The number of benzene rings is 1. The van der Waals surface area contributed by atoms with E-state index in [0.717, 1.165) is 5.39 Å². The fourth-order valence-electron chi connectivity index (χ4n) is 1.82. The fourth-order valence-corrected chi connectivity index (χ4v) is 1.82. The standard InChI is InChI=1S/C11H10N2O3/c1-6-10(13(15)16)4-3-8-9(7(2)14)5-12-11(6)8/h3-5,12H,1-2H3. The van der Waals surface area contributed by atoms with Crippen LogP contribution < -0.4 is 0 Å². The van der Waals surface area contributed by atoms with Crippen LogP contribution in [0, 0.1) is 17.0 Å². The monoisotopic (exact) mass is 218 g/mol. The molecule has 0 aliphatic heterocycles.